The average molecular weight is 376 g/mol. The lowest BCUT2D eigenvalue weighted by atomic mass is 9.87. The van der Waals surface area contributed by atoms with Crippen molar-refractivity contribution in [3.05, 3.63) is 35.4 Å². The molecule has 1 saturated heterocycles. The first kappa shape index (κ1) is 20.9. The number of amides is 1. The fourth-order valence-corrected chi connectivity index (χ4v) is 3.39. The van der Waals surface area contributed by atoms with Crippen molar-refractivity contribution in [2.24, 2.45) is 0 Å². The number of hydrogen-bond donors (Lipinski definition) is 2. The lowest BCUT2D eigenvalue weighted by Crippen LogP contribution is -2.60. The van der Waals surface area contributed by atoms with E-state index in [2.05, 4.69) is 10.6 Å². The van der Waals surface area contributed by atoms with Crippen LogP contribution >= 0.6 is 0 Å². The van der Waals surface area contributed by atoms with Crippen LogP contribution in [-0.2, 0) is 30.3 Å². The molecule has 0 spiro atoms. The summed E-state index contributed by atoms with van der Waals surface area (Å²) >= 11 is 0. The molecule has 27 heavy (non-hydrogen) atoms. The van der Waals surface area contributed by atoms with E-state index in [0.29, 0.717) is 12.8 Å². The van der Waals surface area contributed by atoms with E-state index in [9.17, 15) is 14.4 Å². The van der Waals surface area contributed by atoms with Gasteiger partial charge in [0.05, 0.1) is 7.11 Å². The molecule has 1 fully saturated rings. The first-order valence-electron chi connectivity index (χ1n) is 9.14. The zero-order chi connectivity index (χ0) is 20.0. The summed E-state index contributed by atoms with van der Waals surface area (Å²) in [4.78, 5) is 36.5. The molecule has 1 heterocycles. The Balaban J connectivity index is 2.19. The predicted octanol–water partition coefficient (Wildman–Crippen LogP) is 1.27. The van der Waals surface area contributed by atoms with Crippen molar-refractivity contribution < 1.29 is 23.9 Å². The van der Waals surface area contributed by atoms with Crippen LogP contribution in [0.25, 0.3) is 0 Å². The van der Waals surface area contributed by atoms with Crippen LogP contribution in [0.4, 0.5) is 0 Å². The third-order valence-corrected chi connectivity index (χ3v) is 4.87. The van der Waals surface area contributed by atoms with Crippen molar-refractivity contribution in [3.63, 3.8) is 0 Å². The summed E-state index contributed by atoms with van der Waals surface area (Å²) in [5, 5.41) is 6.04. The van der Waals surface area contributed by atoms with Gasteiger partial charge in [0.25, 0.3) is 0 Å². The van der Waals surface area contributed by atoms with Crippen LogP contribution in [0.3, 0.4) is 0 Å². The Labute approximate surface area is 159 Å². The largest absolute Gasteiger partial charge is 0.467 e. The number of methoxy groups -OCH3 is 1. The van der Waals surface area contributed by atoms with Gasteiger partial charge in [0.15, 0.2) is 6.04 Å². The van der Waals surface area contributed by atoms with Gasteiger partial charge < -0.3 is 20.1 Å². The van der Waals surface area contributed by atoms with E-state index in [1.165, 1.54) is 14.0 Å². The first-order valence-corrected chi connectivity index (χ1v) is 9.14. The van der Waals surface area contributed by atoms with Crippen LogP contribution < -0.4 is 10.6 Å². The van der Waals surface area contributed by atoms with Crippen molar-refractivity contribution in [1.82, 2.24) is 10.6 Å². The molecule has 0 radical (unpaired) electrons. The molecule has 1 aliphatic rings. The predicted molar refractivity (Wildman–Crippen MR) is 100 cm³/mol. The average Bonchev–Trinajstić information content (AvgIpc) is 3.10. The van der Waals surface area contributed by atoms with Crippen molar-refractivity contribution in [1.29, 1.82) is 0 Å². The van der Waals surface area contributed by atoms with E-state index >= 15 is 0 Å². The van der Waals surface area contributed by atoms with Gasteiger partial charge >= 0.3 is 11.9 Å². The van der Waals surface area contributed by atoms with Crippen molar-refractivity contribution in [2.75, 3.05) is 13.7 Å². The molecule has 1 amide bonds. The third kappa shape index (κ3) is 5.29. The topological polar surface area (TPSA) is 93.7 Å². The van der Waals surface area contributed by atoms with Gasteiger partial charge in [0.2, 0.25) is 5.91 Å². The Morgan fingerprint density at radius 3 is 2.44 bits per heavy atom. The minimum Gasteiger partial charge on any atom is -0.467 e. The molecule has 1 aromatic carbocycles. The summed E-state index contributed by atoms with van der Waals surface area (Å²) in [5.74, 6) is -1.48. The number of carbonyl (C=O) groups is 3. The van der Waals surface area contributed by atoms with E-state index < -0.39 is 29.6 Å². The quantitative estimate of drug-likeness (QED) is 0.696. The van der Waals surface area contributed by atoms with Crippen molar-refractivity contribution in [2.45, 2.75) is 57.7 Å². The van der Waals surface area contributed by atoms with Gasteiger partial charge in [-0.3, -0.25) is 9.59 Å². The highest BCUT2D eigenvalue weighted by Gasteiger charge is 2.43. The van der Waals surface area contributed by atoms with Gasteiger partial charge in [0, 0.05) is 6.92 Å². The molecular formula is C20H28N2O5. The summed E-state index contributed by atoms with van der Waals surface area (Å²) in [5.41, 5.74) is 1.38. The van der Waals surface area contributed by atoms with Crippen LogP contribution in [0.15, 0.2) is 24.3 Å². The Bertz CT molecular complexity index is 680. The van der Waals surface area contributed by atoms with E-state index in [1.54, 1.807) is 6.92 Å². The maximum absolute atomic E-state index is 13.1. The Hall–Kier alpha value is -2.41. The summed E-state index contributed by atoms with van der Waals surface area (Å²) in [6, 6.07) is 6.96. The molecule has 7 heteroatoms. The molecule has 0 saturated carbocycles. The lowest BCUT2D eigenvalue weighted by molar-refractivity contribution is -0.156. The van der Waals surface area contributed by atoms with Crippen LogP contribution in [0.2, 0.25) is 0 Å². The number of carbonyl (C=O) groups excluding carboxylic acids is 3. The molecular weight excluding hydrogens is 348 g/mol. The molecule has 148 valence electrons. The number of esters is 2. The molecule has 2 N–H and O–H groups in total. The molecule has 3 unspecified atom stereocenters. The summed E-state index contributed by atoms with van der Waals surface area (Å²) in [7, 11) is 1.23. The van der Waals surface area contributed by atoms with Crippen LogP contribution in [0.5, 0.6) is 0 Å². The maximum atomic E-state index is 13.1. The number of benzene rings is 1. The fourth-order valence-electron chi connectivity index (χ4n) is 3.39. The minimum atomic E-state index is -1.07. The summed E-state index contributed by atoms with van der Waals surface area (Å²) in [6.45, 7) is 5.54. The lowest BCUT2D eigenvalue weighted by Gasteiger charge is -2.31. The second-order valence-electron chi connectivity index (χ2n) is 7.06. The van der Waals surface area contributed by atoms with E-state index in [1.807, 2.05) is 31.2 Å². The zero-order valence-corrected chi connectivity index (χ0v) is 16.3. The Morgan fingerprint density at radius 2 is 1.93 bits per heavy atom. The van der Waals surface area contributed by atoms with E-state index in [0.717, 1.165) is 24.1 Å². The SMILES string of the molecule is COC(=O)C(NC(=O)C1(Cc2ccc(C)cc2)CCCN1)C(C)OC(C)=O. The number of hydrogen-bond acceptors (Lipinski definition) is 6. The highest BCUT2D eigenvalue weighted by Crippen LogP contribution is 2.25. The highest BCUT2D eigenvalue weighted by atomic mass is 16.6. The van der Waals surface area contributed by atoms with Gasteiger partial charge in [0.1, 0.15) is 11.6 Å². The summed E-state index contributed by atoms with van der Waals surface area (Å²) in [6.07, 6.45) is 1.19. The molecule has 0 aliphatic carbocycles. The molecule has 2 rings (SSSR count). The van der Waals surface area contributed by atoms with E-state index in [-0.39, 0.29) is 5.91 Å². The van der Waals surface area contributed by atoms with E-state index in [4.69, 9.17) is 9.47 Å². The standard InChI is InChI=1S/C20H28N2O5/c1-13-6-8-16(9-7-13)12-20(10-5-11-21-20)19(25)22-17(18(24)26-4)14(2)27-15(3)23/h6-9,14,17,21H,5,10-12H2,1-4H3,(H,22,25). The normalized spacial score (nSPS) is 21.2. The minimum absolute atomic E-state index is 0.296. The fraction of sp³-hybridized carbons (Fsp3) is 0.550. The van der Waals surface area contributed by atoms with Crippen molar-refractivity contribution >= 4 is 17.8 Å². The first-order chi connectivity index (χ1) is 12.8. The van der Waals surface area contributed by atoms with Gasteiger partial charge in [-0.15, -0.1) is 0 Å². The third-order valence-electron chi connectivity index (χ3n) is 4.87. The van der Waals surface area contributed by atoms with Crippen molar-refractivity contribution in [3.8, 4) is 0 Å². The zero-order valence-electron chi connectivity index (χ0n) is 16.3. The number of rotatable bonds is 7. The second kappa shape index (κ2) is 8.99. The number of ether oxygens (including phenoxy) is 2. The van der Waals surface area contributed by atoms with Crippen LogP contribution in [0.1, 0.15) is 37.8 Å². The highest BCUT2D eigenvalue weighted by molar-refractivity contribution is 5.91. The maximum Gasteiger partial charge on any atom is 0.332 e. The second-order valence-corrected chi connectivity index (χ2v) is 7.06. The molecule has 1 aromatic rings. The smallest absolute Gasteiger partial charge is 0.332 e. The van der Waals surface area contributed by atoms with Crippen LogP contribution in [-0.4, -0.2) is 49.2 Å². The molecule has 0 bridgehead atoms. The van der Waals surface area contributed by atoms with Gasteiger partial charge in [-0.2, -0.15) is 0 Å². The monoisotopic (exact) mass is 376 g/mol. The number of aryl methyl sites for hydroxylation is 1. The van der Waals surface area contributed by atoms with Gasteiger partial charge in [-0.25, -0.2) is 4.79 Å². The molecule has 7 nitrogen and oxygen atoms in total. The number of nitrogens with one attached hydrogen (secondary N) is 2. The Kier molecular flexibility index (Phi) is 6.96. The van der Waals surface area contributed by atoms with Crippen LogP contribution in [0, 0.1) is 6.92 Å². The summed E-state index contributed by atoms with van der Waals surface area (Å²) < 4.78 is 9.87. The van der Waals surface area contributed by atoms with Gasteiger partial charge in [-0.1, -0.05) is 29.8 Å². The Morgan fingerprint density at radius 1 is 1.26 bits per heavy atom. The molecule has 1 aliphatic heterocycles. The van der Waals surface area contributed by atoms with Gasteiger partial charge in [-0.05, 0) is 45.2 Å². The molecule has 3 atom stereocenters. The molecule has 0 aromatic heterocycles.